The summed E-state index contributed by atoms with van der Waals surface area (Å²) >= 11 is 5.82. The van der Waals surface area contributed by atoms with E-state index in [-0.39, 0.29) is 17.4 Å². The molecular formula is C14H9ClN4O2. The van der Waals surface area contributed by atoms with Crippen LogP contribution in [0, 0.1) is 5.21 Å². The van der Waals surface area contributed by atoms with Crippen molar-refractivity contribution in [1.82, 2.24) is 10.1 Å². The van der Waals surface area contributed by atoms with Gasteiger partial charge in [0, 0.05) is 16.7 Å². The number of hydrogen-bond donors (Lipinski definition) is 1. The second-order valence-corrected chi connectivity index (χ2v) is 4.70. The Morgan fingerprint density at radius 1 is 1.19 bits per heavy atom. The van der Waals surface area contributed by atoms with Crippen LogP contribution in [0.15, 0.2) is 48.5 Å². The van der Waals surface area contributed by atoms with Crippen LogP contribution in [0.1, 0.15) is 10.4 Å². The second kappa shape index (κ2) is 5.34. The van der Waals surface area contributed by atoms with E-state index in [0.717, 1.165) is 0 Å². The third-order valence-corrected chi connectivity index (χ3v) is 3.05. The molecule has 0 aliphatic rings. The number of halogens is 1. The summed E-state index contributed by atoms with van der Waals surface area (Å²) in [5.41, 5.74) is 1.09. The number of fused-ring (bicyclic) bond motifs is 1. The topological polar surface area (TPSA) is 81.8 Å². The Kier molecular flexibility index (Phi) is 3.37. The maximum Gasteiger partial charge on any atom is 0.297 e. The second-order valence-electron chi connectivity index (χ2n) is 4.26. The molecule has 3 rings (SSSR count). The minimum atomic E-state index is -0.385. The molecule has 1 amide bonds. The van der Waals surface area contributed by atoms with Gasteiger partial charge in [0.25, 0.3) is 17.4 Å². The van der Waals surface area contributed by atoms with Crippen molar-refractivity contribution in [2.75, 3.05) is 5.32 Å². The molecule has 6 nitrogen and oxygen atoms in total. The zero-order valence-corrected chi connectivity index (χ0v) is 11.4. The van der Waals surface area contributed by atoms with Crippen molar-refractivity contribution >= 4 is 34.5 Å². The third kappa shape index (κ3) is 2.75. The lowest BCUT2D eigenvalue weighted by atomic mass is 10.2. The van der Waals surface area contributed by atoms with Gasteiger partial charge in [-0.3, -0.25) is 10.1 Å². The number of hydrogen-bond acceptors (Lipinski definition) is 4. The number of amides is 1. The van der Waals surface area contributed by atoms with E-state index in [4.69, 9.17) is 11.6 Å². The van der Waals surface area contributed by atoms with Crippen LogP contribution in [-0.4, -0.2) is 16.0 Å². The van der Waals surface area contributed by atoms with E-state index in [1.807, 2.05) is 0 Å². The summed E-state index contributed by atoms with van der Waals surface area (Å²) in [6, 6.07) is 13.3. The smallest absolute Gasteiger partial charge is 0.297 e. The van der Waals surface area contributed by atoms with Crippen molar-refractivity contribution in [1.29, 1.82) is 0 Å². The minimum absolute atomic E-state index is 0.0614. The lowest BCUT2D eigenvalue weighted by Gasteiger charge is -2.04. The number of carbonyl (C=O) groups excluding carboxylic acids is 1. The molecule has 0 spiro atoms. The molecule has 0 saturated heterocycles. The summed E-state index contributed by atoms with van der Waals surface area (Å²) in [7, 11) is 0. The molecule has 104 valence electrons. The number of nitrogens with zero attached hydrogens (tertiary/aromatic N) is 3. The highest BCUT2D eigenvalue weighted by Crippen LogP contribution is 2.15. The van der Waals surface area contributed by atoms with Crippen molar-refractivity contribution < 1.29 is 9.64 Å². The van der Waals surface area contributed by atoms with E-state index in [1.54, 1.807) is 42.5 Å². The number of rotatable bonds is 2. The van der Waals surface area contributed by atoms with Gasteiger partial charge >= 0.3 is 0 Å². The van der Waals surface area contributed by atoms with Gasteiger partial charge in [0.2, 0.25) is 0 Å². The van der Waals surface area contributed by atoms with Crippen molar-refractivity contribution in [3.05, 3.63) is 64.3 Å². The maximum atomic E-state index is 12.0. The zero-order chi connectivity index (χ0) is 14.8. The van der Waals surface area contributed by atoms with Gasteiger partial charge in [-0.25, -0.2) is 4.98 Å². The molecule has 0 bridgehead atoms. The van der Waals surface area contributed by atoms with Crippen LogP contribution in [0.2, 0.25) is 5.02 Å². The van der Waals surface area contributed by atoms with E-state index in [1.165, 1.54) is 6.07 Å². The quantitative estimate of drug-likeness (QED) is 0.581. The highest BCUT2D eigenvalue weighted by Gasteiger charge is 2.14. The molecule has 1 aromatic heterocycles. The molecule has 3 aromatic rings. The number of anilines is 1. The number of benzene rings is 2. The van der Waals surface area contributed by atoms with Crippen molar-refractivity contribution in [3.8, 4) is 0 Å². The van der Waals surface area contributed by atoms with Crippen LogP contribution in [-0.2, 0) is 0 Å². The van der Waals surface area contributed by atoms with Crippen LogP contribution >= 0.6 is 11.6 Å². The Labute approximate surface area is 124 Å². The predicted molar refractivity (Wildman–Crippen MR) is 77.9 cm³/mol. The Hall–Kier alpha value is -2.73. The fourth-order valence-electron chi connectivity index (χ4n) is 1.84. The van der Waals surface area contributed by atoms with Crippen LogP contribution < -0.4 is 10.2 Å². The van der Waals surface area contributed by atoms with Gasteiger partial charge in [-0.05, 0) is 29.1 Å². The van der Waals surface area contributed by atoms with Gasteiger partial charge in [-0.2, -0.15) is 0 Å². The molecule has 0 radical (unpaired) electrons. The Morgan fingerprint density at radius 2 is 1.95 bits per heavy atom. The van der Waals surface area contributed by atoms with Crippen LogP contribution in [0.4, 0.5) is 5.95 Å². The van der Waals surface area contributed by atoms with Gasteiger partial charge in [-0.1, -0.05) is 29.8 Å². The minimum Gasteiger partial charge on any atom is -0.594 e. The first-order valence-electron chi connectivity index (χ1n) is 6.07. The third-order valence-electron chi connectivity index (χ3n) is 2.82. The zero-order valence-electron chi connectivity index (χ0n) is 10.7. The van der Waals surface area contributed by atoms with Crippen LogP contribution in [0.3, 0.4) is 0 Å². The fourth-order valence-corrected chi connectivity index (χ4v) is 2.00. The molecule has 0 fully saturated rings. The Bertz CT molecular complexity index is 824. The first-order chi connectivity index (χ1) is 10.1. The monoisotopic (exact) mass is 300 g/mol. The lowest BCUT2D eigenvalue weighted by molar-refractivity contribution is -0.641. The molecular weight excluding hydrogens is 292 g/mol. The van der Waals surface area contributed by atoms with Gasteiger partial charge in [0.15, 0.2) is 0 Å². The molecule has 0 saturated carbocycles. The number of nitrogens with one attached hydrogen (secondary N) is 1. The van der Waals surface area contributed by atoms with Crippen molar-refractivity contribution in [2.45, 2.75) is 0 Å². The summed E-state index contributed by atoms with van der Waals surface area (Å²) in [4.78, 5) is 16.5. The first-order valence-corrected chi connectivity index (χ1v) is 6.45. The highest BCUT2D eigenvalue weighted by atomic mass is 35.5. The average molecular weight is 301 g/mol. The number of carbonyl (C=O) groups is 1. The molecule has 0 unspecified atom stereocenters. The van der Waals surface area contributed by atoms with Gasteiger partial charge < -0.3 is 5.21 Å². The van der Waals surface area contributed by atoms with Crippen molar-refractivity contribution in [3.63, 3.8) is 0 Å². The lowest BCUT2D eigenvalue weighted by Crippen LogP contribution is -2.34. The van der Waals surface area contributed by atoms with Gasteiger partial charge in [0.05, 0.1) is 5.10 Å². The maximum absolute atomic E-state index is 12.0. The number of aromatic nitrogens is 3. The normalized spacial score (nSPS) is 10.5. The van der Waals surface area contributed by atoms with Crippen molar-refractivity contribution in [2.24, 2.45) is 0 Å². The van der Waals surface area contributed by atoms with E-state index in [0.29, 0.717) is 20.9 Å². The Balaban J connectivity index is 1.95. The van der Waals surface area contributed by atoms with E-state index < -0.39 is 0 Å². The molecule has 1 N–H and O–H groups in total. The SMILES string of the molecule is O=C(Nc1nc2ccc(Cl)cc2[n+]([O-])n1)c1ccccc1. The standard InChI is InChI=1S/C14H9ClN4O2/c15-10-6-7-11-12(8-10)19(21)18-14(16-11)17-13(20)9-4-2-1-3-5-9/h1-8H,(H,16,17,18,20). The van der Waals surface area contributed by atoms with E-state index >= 15 is 0 Å². The summed E-state index contributed by atoms with van der Waals surface area (Å²) in [6.07, 6.45) is 0. The molecule has 0 aliphatic carbocycles. The largest absolute Gasteiger partial charge is 0.594 e. The van der Waals surface area contributed by atoms with Crippen LogP contribution in [0.25, 0.3) is 11.0 Å². The summed E-state index contributed by atoms with van der Waals surface area (Å²) in [5.74, 6) is -0.447. The molecule has 21 heavy (non-hydrogen) atoms. The fraction of sp³-hybridized carbons (Fsp3) is 0. The first kappa shape index (κ1) is 13.3. The predicted octanol–water partition coefficient (Wildman–Crippen LogP) is 2.17. The molecule has 7 heteroatoms. The van der Waals surface area contributed by atoms with Gasteiger partial charge in [0.1, 0.15) is 5.52 Å². The average Bonchev–Trinajstić information content (AvgIpc) is 2.49. The van der Waals surface area contributed by atoms with Gasteiger partial charge in [-0.15, -0.1) is 0 Å². The molecule has 0 aliphatic heterocycles. The summed E-state index contributed by atoms with van der Waals surface area (Å²) < 4.78 is 0. The highest BCUT2D eigenvalue weighted by molar-refractivity contribution is 6.31. The van der Waals surface area contributed by atoms with Crippen LogP contribution in [0.5, 0.6) is 0 Å². The molecule has 1 heterocycles. The molecule has 2 aromatic carbocycles. The summed E-state index contributed by atoms with van der Waals surface area (Å²) in [5, 5.41) is 18.4. The molecule has 0 atom stereocenters. The van der Waals surface area contributed by atoms with E-state index in [9.17, 15) is 10.0 Å². The summed E-state index contributed by atoms with van der Waals surface area (Å²) in [6.45, 7) is 0. The Morgan fingerprint density at radius 3 is 2.71 bits per heavy atom. The van der Waals surface area contributed by atoms with E-state index in [2.05, 4.69) is 15.4 Å².